The molecule has 0 bridgehead atoms. The Balaban J connectivity index is 2.08. The predicted octanol–water partition coefficient (Wildman–Crippen LogP) is 0.781. The van der Waals surface area contributed by atoms with Crippen LogP contribution in [-0.2, 0) is 14.8 Å². The van der Waals surface area contributed by atoms with E-state index < -0.39 is 10.0 Å². The van der Waals surface area contributed by atoms with E-state index in [0.717, 1.165) is 30.9 Å². The summed E-state index contributed by atoms with van der Waals surface area (Å²) < 4.78 is 30.9. The van der Waals surface area contributed by atoms with E-state index in [1.165, 1.54) is 6.26 Å². The fourth-order valence-electron chi connectivity index (χ4n) is 2.70. The van der Waals surface area contributed by atoms with Crippen molar-refractivity contribution in [3.05, 3.63) is 23.9 Å². The van der Waals surface area contributed by atoms with E-state index in [1.54, 1.807) is 7.11 Å². The molecule has 118 valence electrons. The maximum Gasteiger partial charge on any atom is 0.208 e. The molecule has 1 saturated heterocycles. The summed E-state index contributed by atoms with van der Waals surface area (Å²) in [6.07, 6.45) is 3.79. The number of ether oxygens (including phenoxy) is 1. The molecule has 1 aliphatic heterocycles. The number of sulfonamides is 1. The van der Waals surface area contributed by atoms with Crippen molar-refractivity contribution in [2.75, 3.05) is 38.0 Å². The van der Waals surface area contributed by atoms with E-state index in [0.29, 0.717) is 6.61 Å². The molecule has 2 atom stereocenters. The van der Waals surface area contributed by atoms with Crippen LogP contribution in [0, 0.1) is 12.8 Å². The van der Waals surface area contributed by atoms with E-state index in [1.807, 2.05) is 25.3 Å². The zero-order chi connectivity index (χ0) is 15.5. The first-order valence-electron chi connectivity index (χ1n) is 7.03. The van der Waals surface area contributed by atoms with Gasteiger partial charge in [-0.2, -0.15) is 0 Å². The third kappa shape index (κ3) is 4.66. The third-order valence-corrected chi connectivity index (χ3v) is 4.43. The Morgan fingerprint density at radius 3 is 2.81 bits per heavy atom. The lowest BCUT2D eigenvalue weighted by molar-refractivity contribution is 0.128. The number of piperidine rings is 1. The van der Waals surface area contributed by atoms with Crippen molar-refractivity contribution in [2.45, 2.75) is 19.4 Å². The van der Waals surface area contributed by atoms with Crippen LogP contribution in [0.3, 0.4) is 0 Å². The summed E-state index contributed by atoms with van der Waals surface area (Å²) >= 11 is 0. The summed E-state index contributed by atoms with van der Waals surface area (Å²) in [5, 5.41) is 0. The van der Waals surface area contributed by atoms with Crippen molar-refractivity contribution < 1.29 is 13.2 Å². The normalized spacial score (nSPS) is 23.3. The maximum atomic E-state index is 11.5. The lowest BCUT2D eigenvalue weighted by atomic mass is 9.93. The number of aromatic nitrogens is 1. The number of methoxy groups -OCH3 is 1. The molecule has 1 aliphatic rings. The van der Waals surface area contributed by atoms with Crippen molar-refractivity contribution in [2.24, 2.45) is 5.92 Å². The zero-order valence-corrected chi connectivity index (χ0v) is 13.6. The molecular weight excluding hydrogens is 290 g/mol. The van der Waals surface area contributed by atoms with Crippen LogP contribution in [0.15, 0.2) is 18.3 Å². The first kappa shape index (κ1) is 16.2. The van der Waals surface area contributed by atoms with Crippen LogP contribution in [0.25, 0.3) is 0 Å². The van der Waals surface area contributed by atoms with Crippen molar-refractivity contribution in [1.29, 1.82) is 0 Å². The summed E-state index contributed by atoms with van der Waals surface area (Å²) in [6.45, 7) is 4.04. The molecule has 7 heteroatoms. The van der Waals surface area contributed by atoms with Gasteiger partial charge < -0.3 is 9.64 Å². The van der Waals surface area contributed by atoms with Gasteiger partial charge in [-0.3, -0.25) is 0 Å². The van der Waals surface area contributed by atoms with Crippen LogP contribution < -0.4 is 9.62 Å². The molecule has 2 unspecified atom stereocenters. The minimum atomic E-state index is -3.20. The highest BCUT2D eigenvalue weighted by molar-refractivity contribution is 7.88. The van der Waals surface area contributed by atoms with E-state index in [2.05, 4.69) is 14.6 Å². The molecule has 21 heavy (non-hydrogen) atoms. The van der Waals surface area contributed by atoms with Gasteiger partial charge in [0.2, 0.25) is 10.0 Å². The number of rotatable bonds is 5. The quantitative estimate of drug-likeness (QED) is 0.870. The first-order chi connectivity index (χ1) is 9.89. The van der Waals surface area contributed by atoms with Gasteiger partial charge >= 0.3 is 0 Å². The number of nitrogens with one attached hydrogen (secondary N) is 1. The average molecular weight is 313 g/mol. The van der Waals surface area contributed by atoms with Gasteiger partial charge in [0.15, 0.2) is 0 Å². The van der Waals surface area contributed by atoms with Crippen LogP contribution in [0.1, 0.15) is 12.0 Å². The Kier molecular flexibility index (Phi) is 5.18. The highest BCUT2D eigenvalue weighted by atomic mass is 32.2. The molecule has 1 N–H and O–H groups in total. The summed E-state index contributed by atoms with van der Waals surface area (Å²) in [6, 6.07) is 3.96. The Labute approximate surface area is 126 Å². The van der Waals surface area contributed by atoms with E-state index in [4.69, 9.17) is 4.74 Å². The topological polar surface area (TPSA) is 71.5 Å². The molecule has 0 spiro atoms. The van der Waals surface area contributed by atoms with Crippen LogP contribution >= 0.6 is 0 Å². The fraction of sp³-hybridized carbons (Fsp3) is 0.643. The van der Waals surface area contributed by atoms with Crippen molar-refractivity contribution in [3.63, 3.8) is 0 Å². The molecule has 0 radical (unpaired) electrons. The Hall–Kier alpha value is -1.18. The highest BCUT2D eigenvalue weighted by Crippen LogP contribution is 2.23. The fourth-order valence-corrected chi connectivity index (χ4v) is 3.56. The Morgan fingerprint density at radius 1 is 1.48 bits per heavy atom. The van der Waals surface area contributed by atoms with Crippen LogP contribution in [-0.4, -0.2) is 52.5 Å². The smallest absolute Gasteiger partial charge is 0.208 e. The molecule has 0 aliphatic carbocycles. The second-order valence-electron chi connectivity index (χ2n) is 5.64. The highest BCUT2D eigenvalue weighted by Gasteiger charge is 2.31. The van der Waals surface area contributed by atoms with Gasteiger partial charge in [0.05, 0.1) is 12.9 Å². The third-order valence-electron chi connectivity index (χ3n) is 3.70. The monoisotopic (exact) mass is 313 g/mol. The number of hydrogen-bond acceptors (Lipinski definition) is 5. The molecule has 1 fully saturated rings. The summed E-state index contributed by atoms with van der Waals surface area (Å²) in [7, 11) is -1.56. The second-order valence-corrected chi connectivity index (χ2v) is 7.42. The number of hydrogen-bond donors (Lipinski definition) is 1. The molecule has 1 aromatic heterocycles. The van der Waals surface area contributed by atoms with Crippen LogP contribution in [0.5, 0.6) is 0 Å². The molecule has 6 nitrogen and oxygen atoms in total. The van der Waals surface area contributed by atoms with Gasteiger partial charge in [-0.25, -0.2) is 18.1 Å². The second kappa shape index (κ2) is 6.72. The van der Waals surface area contributed by atoms with Crippen molar-refractivity contribution >= 4 is 15.8 Å². The van der Waals surface area contributed by atoms with E-state index in [9.17, 15) is 8.42 Å². The molecule has 0 aromatic carbocycles. The molecule has 0 saturated carbocycles. The predicted molar refractivity (Wildman–Crippen MR) is 82.9 cm³/mol. The van der Waals surface area contributed by atoms with Gasteiger partial charge in [-0.05, 0) is 25.0 Å². The molecule has 1 aromatic rings. The van der Waals surface area contributed by atoms with Gasteiger partial charge in [0.1, 0.15) is 5.82 Å². The largest absolute Gasteiger partial charge is 0.384 e. The first-order valence-corrected chi connectivity index (χ1v) is 8.92. The number of pyridine rings is 1. The van der Waals surface area contributed by atoms with Crippen LogP contribution in [0.2, 0.25) is 0 Å². The molecule has 2 heterocycles. The zero-order valence-electron chi connectivity index (χ0n) is 12.7. The minimum absolute atomic E-state index is 0.0818. The van der Waals surface area contributed by atoms with Gasteiger partial charge in [-0.15, -0.1) is 0 Å². The van der Waals surface area contributed by atoms with E-state index in [-0.39, 0.29) is 12.0 Å². The summed E-state index contributed by atoms with van der Waals surface area (Å²) in [5.41, 5.74) is 1.13. The standard InChI is InChI=1S/C14H23N3O3S/c1-11-4-5-14(15-8-11)17-7-6-13(16-21(3,18)19)12(9-17)10-20-2/h4-5,8,12-13,16H,6-7,9-10H2,1-3H3. The SMILES string of the molecule is COCC1CN(c2ccc(C)cn2)CCC1NS(C)(=O)=O. The summed E-state index contributed by atoms with van der Waals surface area (Å²) in [4.78, 5) is 6.63. The maximum absolute atomic E-state index is 11.5. The number of anilines is 1. The molecular formula is C14H23N3O3S. The Bertz CT molecular complexity index is 559. The Morgan fingerprint density at radius 2 is 2.24 bits per heavy atom. The molecule has 0 amide bonds. The number of aryl methyl sites for hydroxylation is 1. The lowest BCUT2D eigenvalue weighted by Gasteiger charge is -2.38. The van der Waals surface area contributed by atoms with Crippen LogP contribution in [0.4, 0.5) is 5.82 Å². The number of nitrogens with zero attached hydrogens (tertiary/aromatic N) is 2. The van der Waals surface area contributed by atoms with Gasteiger partial charge in [0.25, 0.3) is 0 Å². The lowest BCUT2D eigenvalue weighted by Crippen LogP contribution is -2.52. The average Bonchev–Trinajstić information content (AvgIpc) is 2.40. The summed E-state index contributed by atoms with van der Waals surface area (Å²) in [5.74, 6) is 1.04. The van der Waals surface area contributed by atoms with Gasteiger partial charge in [0, 0.05) is 38.4 Å². The van der Waals surface area contributed by atoms with E-state index >= 15 is 0 Å². The minimum Gasteiger partial charge on any atom is -0.384 e. The van der Waals surface area contributed by atoms with Crippen molar-refractivity contribution in [1.82, 2.24) is 9.71 Å². The van der Waals surface area contributed by atoms with Gasteiger partial charge in [-0.1, -0.05) is 6.07 Å². The molecule has 2 rings (SSSR count). The van der Waals surface area contributed by atoms with Crippen molar-refractivity contribution in [3.8, 4) is 0 Å².